The summed E-state index contributed by atoms with van der Waals surface area (Å²) in [7, 11) is 0. The van der Waals surface area contributed by atoms with Crippen molar-refractivity contribution in [3.8, 4) is 0 Å². The molecule has 1 aromatic carbocycles. The van der Waals surface area contributed by atoms with Crippen molar-refractivity contribution in [1.82, 2.24) is 14.8 Å². The van der Waals surface area contributed by atoms with Gasteiger partial charge in [-0.2, -0.15) is 10.1 Å². The van der Waals surface area contributed by atoms with Gasteiger partial charge in [-0.05, 0) is 31.5 Å². The van der Waals surface area contributed by atoms with E-state index in [4.69, 9.17) is 4.42 Å². The van der Waals surface area contributed by atoms with Gasteiger partial charge >= 0.3 is 0 Å². The topological polar surface area (TPSA) is 116 Å². The molecule has 0 amide bonds. The molecule has 0 saturated heterocycles. The van der Waals surface area contributed by atoms with Crippen LogP contribution in [0.15, 0.2) is 58.3 Å². The minimum Gasteiger partial charge on any atom is -0.469 e. The molecule has 0 bridgehead atoms. The van der Waals surface area contributed by atoms with Gasteiger partial charge in [0.1, 0.15) is 17.6 Å². The van der Waals surface area contributed by atoms with E-state index in [1.165, 1.54) is 6.07 Å². The highest BCUT2D eigenvalue weighted by Crippen LogP contribution is 2.45. The number of nitrogens with zero attached hydrogens (tertiary/aromatic N) is 4. The van der Waals surface area contributed by atoms with Crippen LogP contribution in [0.2, 0.25) is 0 Å². The number of aryl methyl sites for hydroxylation is 1. The highest BCUT2D eigenvalue weighted by Gasteiger charge is 2.42. The second-order valence-electron chi connectivity index (χ2n) is 7.21. The van der Waals surface area contributed by atoms with Crippen LogP contribution in [-0.4, -0.2) is 25.5 Å². The summed E-state index contributed by atoms with van der Waals surface area (Å²) >= 11 is 0. The van der Waals surface area contributed by atoms with E-state index in [-0.39, 0.29) is 23.8 Å². The Labute approximate surface area is 165 Å². The van der Waals surface area contributed by atoms with Gasteiger partial charge in [-0.1, -0.05) is 12.1 Å². The van der Waals surface area contributed by atoms with E-state index in [0.29, 0.717) is 35.0 Å². The van der Waals surface area contributed by atoms with E-state index < -0.39 is 11.0 Å². The molecule has 9 nitrogen and oxygen atoms in total. The first-order valence-electron chi connectivity index (χ1n) is 9.26. The molecule has 3 heterocycles. The molecule has 0 saturated carbocycles. The fourth-order valence-corrected chi connectivity index (χ4v) is 4.22. The number of carbonyl (C=O) groups is 1. The number of rotatable bonds is 3. The van der Waals surface area contributed by atoms with Crippen LogP contribution in [0.5, 0.6) is 0 Å². The van der Waals surface area contributed by atoms with E-state index in [2.05, 4.69) is 15.4 Å². The van der Waals surface area contributed by atoms with Gasteiger partial charge in [-0.25, -0.2) is 4.68 Å². The quantitative estimate of drug-likeness (QED) is 0.536. The van der Waals surface area contributed by atoms with Crippen LogP contribution in [0.25, 0.3) is 0 Å². The Morgan fingerprint density at radius 2 is 2.07 bits per heavy atom. The van der Waals surface area contributed by atoms with E-state index >= 15 is 0 Å². The molecule has 0 fully saturated rings. The lowest BCUT2D eigenvalue weighted by atomic mass is 9.79. The molecule has 29 heavy (non-hydrogen) atoms. The Balaban J connectivity index is 1.68. The summed E-state index contributed by atoms with van der Waals surface area (Å²) in [5.41, 5.74) is 1.58. The number of nitrogens with one attached hydrogen (secondary N) is 1. The summed E-state index contributed by atoms with van der Waals surface area (Å²) in [4.78, 5) is 28.9. The summed E-state index contributed by atoms with van der Waals surface area (Å²) in [6.07, 6.45) is 2.42. The van der Waals surface area contributed by atoms with Gasteiger partial charge in [0.15, 0.2) is 5.78 Å². The fourth-order valence-electron chi connectivity index (χ4n) is 4.22. The third-order valence-corrected chi connectivity index (χ3v) is 5.40. The van der Waals surface area contributed by atoms with Crippen molar-refractivity contribution in [3.63, 3.8) is 0 Å². The first-order chi connectivity index (χ1) is 14.0. The molecule has 0 radical (unpaired) electrons. The van der Waals surface area contributed by atoms with Gasteiger partial charge < -0.3 is 9.73 Å². The number of hydrogen-bond donors (Lipinski definition) is 1. The van der Waals surface area contributed by atoms with Crippen molar-refractivity contribution in [2.75, 3.05) is 5.32 Å². The number of ketones is 1. The zero-order valence-electron chi connectivity index (χ0n) is 15.5. The minimum absolute atomic E-state index is 0.0497. The molecule has 2 aliphatic rings. The summed E-state index contributed by atoms with van der Waals surface area (Å²) < 4.78 is 7.08. The van der Waals surface area contributed by atoms with Crippen LogP contribution in [0.3, 0.4) is 0 Å². The van der Waals surface area contributed by atoms with Crippen LogP contribution in [0.1, 0.15) is 41.9 Å². The standard InChI is InChI=1S/C20H17N5O4/c1-11-21-20-22-14-9-12(17-7-4-8-29-17)10-16(26)18(14)19(24(20)23-11)13-5-2-3-6-15(13)25(27)28/h2-8,12,19H,9-10H2,1H3,(H,21,22,23)/t12-,19-/m1/s1. The number of benzene rings is 1. The minimum atomic E-state index is -0.700. The van der Waals surface area contributed by atoms with Crippen molar-refractivity contribution < 1.29 is 14.1 Å². The molecule has 2 atom stereocenters. The molecule has 2 aromatic heterocycles. The first-order valence-corrected chi connectivity index (χ1v) is 9.26. The van der Waals surface area contributed by atoms with Gasteiger partial charge in [0, 0.05) is 29.7 Å². The number of fused-ring (bicyclic) bond motifs is 1. The second kappa shape index (κ2) is 6.40. The molecular weight excluding hydrogens is 374 g/mol. The van der Waals surface area contributed by atoms with Crippen molar-refractivity contribution in [2.45, 2.75) is 31.7 Å². The molecular formula is C20H17N5O4. The molecule has 1 aliphatic heterocycles. The van der Waals surface area contributed by atoms with Crippen LogP contribution in [0.4, 0.5) is 11.6 Å². The number of carbonyl (C=O) groups excluding carboxylic acids is 1. The number of nitro benzene ring substituents is 1. The molecule has 5 rings (SSSR count). The monoisotopic (exact) mass is 391 g/mol. The third kappa shape index (κ3) is 2.74. The number of nitro groups is 1. The molecule has 0 spiro atoms. The van der Waals surface area contributed by atoms with E-state index in [0.717, 1.165) is 5.76 Å². The lowest BCUT2D eigenvalue weighted by molar-refractivity contribution is -0.385. The smallest absolute Gasteiger partial charge is 0.275 e. The normalized spacial score (nSPS) is 20.8. The Morgan fingerprint density at radius 3 is 2.83 bits per heavy atom. The number of furan rings is 1. The van der Waals surface area contributed by atoms with E-state index in [1.54, 1.807) is 42.1 Å². The van der Waals surface area contributed by atoms with Crippen molar-refractivity contribution in [3.05, 3.63) is 81.2 Å². The zero-order valence-corrected chi connectivity index (χ0v) is 15.5. The molecule has 1 aliphatic carbocycles. The van der Waals surface area contributed by atoms with Gasteiger partial charge in [-0.15, -0.1) is 0 Å². The number of hydrogen-bond acceptors (Lipinski definition) is 7. The zero-order chi connectivity index (χ0) is 20.1. The van der Waals surface area contributed by atoms with Crippen LogP contribution in [-0.2, 0) is 4.79 Å². The maximum atomic E-state index is 13.2. The Kier molecular flexibility index (Phi) is 3.83. The van der Waals surface area contributed by atoms with E-state index in [9.17, 15) is 14.9 Å². The average molecular weight is 391 g/mol. The number of para-hydroxylation sites is 1. The molecule has 1 N–H and O–H groups in total. The fraction of sp³-hybridized carbons (Fsp3) is 0.250. The van der Waals surface area contributed by atoms with Crippen LogP contribution >= 0.6 is 0 Å². The van der Waals surface area contributed by atoms with Gasteiger partial charge in [-0.3, -0.25) is 14.9 Å². The molecule has 0 unspecified atom stereocenters. The largest absolute Gasteiger partial charge is 0.469 e. The van der Waals surface area contributed by atoms with Gasteiger partial charge in [0.05, 0.1) is 16.7 Å². The Bertz CT molecular complexity index is 1160. The van der Waals surface area contributed by atoms with Crippen molar-refractivity contribution in [2.24, 2.45) is 0 Å². The number of Topliss-reactive ketones (excluding diaryl/α,β-unsaturated/α-hetero) is 1. The van der Waals surface area contributed by atoms with Gasteiger partial charge in [0.25, 0.3) is 5.69 Å². The SMILES string of the molecule is Cc1nc2n(n1)[C@H](c1ccccc1[N+](=O)[O-])C1=C(C[C@@H](c3ccco3)CC1=O)N2. The lowest BCUT2D eigenvalue weighted by Crippen LogP contribution is -2.33. The van der Waals surface area contributed by atoms with Crippen molar-refractivity contribution >= 4 is 17.4 Å². The molecule has 3 aromatic rings. The van der Waals surface area contributed by atoms with Crippen molar-refractivity contribution in [1.29, 1.82) is 0 Å². The van der Waals surface area contributed by atoms with Gasteiger partial charge in [0.2, 0.25) is 5.95 Å². The number of allylic oxidation sites excluding steroid dienone is 2. The summed E-state index contributed by atoms with van der Waals surface area (Å²) in [5.74, 6) is 1.56. The second-order valence-corrected chi connectivity index (χ2v) is 7.21. The predicted molar refractivity (Wildman–Crippen MR) is 102 cm³/mol. The Hall–Kier alpha value is -3.75. The summed E-state index contributed by atoms with van der Waals surface area (Å²) in [6, 6.07) is 9.42. The van der Waals surface area contributed by atoms with E-state index in [1.807, 2.05) is 6.07 Å². The summed E-state index contributed by atoms with van der Waals surface area (Å²) in [5, 5.41) is 19.3. The van der Waals surface area contributed by atoms with Crippen LogP contribution in [0, 0.1) is 17.0 Å². The number of aromatic nitrogens is 3. The molecule has 9 heteroatoms. The lowest BCUT2D eigenvalue weighted by Gasteiger charge is -2.34. The highest BCUT2D eigenvalue weighted by molar-refractivity contribution is 6.00. The molecule has 146 valence electrons. The predicted octanol–water partition coefficient (Wildman–Crippen LogP) is 3.50. The average Bonchev–Trinajstić information content (AvgIpc) is 3.35. The third-order valence-electron chi connectivity index (χ3n) is 5.40. The first kappa shape index (κ1) is 17.4. The maximum absolute atomic E-state index is 13.2. The Morgan fingerprint density at radius 1 is 1.24 bits per heavy atom. The number of anilines is 1. The highest BCUT2D eigenvalue weighted by atomic mass is 16.6. The van der Waals surface area contributed by atoms with Crippen LogP contribution < -0.4 is 5.32 Å². The maximum Gasteiger partial charge on any atom is 0.275 e. The summed E-state index contributed by atoms with van der Waals surface area (Å²) in [6.45, 7) is 1.75.